The van der Waals surface area contributed by atoms with Gasteiger partial charge in [-0.3, -0.25) is 0 Å². The number of thioether (sulfide) groups is 1. The Morgan fingerprint density at radius 2 is 2.15 bits per heavy atom. The Morgan fingerprint density at radius 1 is 1.40 bits per heavy atom. The molecule has 0 bridgehead atoms. The summed E-state index contributed by atoms with van der Waals surface area (Å²) in [5.74, 6) is 0.634. The second kappa shape index (κ2) is 6.95. The third kappa shape index (κ3) is 3.99. The van der Waals surface area contributed by atoms with Crippen LogP contribution in [0.25, 0.3) is 0 Å². The van der Waals surface area contributed by atoms with Crippen molar-refractivity contribution in [2.24, 2.45) is 7.05 Å². The van der Waals surface area contributed by atoms with E-state index < -0.39 is 5.97 Å². The summed E-state index contributed by atoms with van der Waals surface area (Å²) in [6.07, 6.45) is 2.40. The van der Waals surface area contributed by atoms with Crippen molar-refractivity contribution >= 4 is 17.7 Å². The van der Waals surface area contributed by atoms with Crippen molar-refractivity contribution in [3.63, 3.8) is 0 Å². The van der Waals surface area contributed by atoms with Gasteiger partial charge < -0.3 is 9.84 Å². The lowest BCUT2D eigenvalue weighted by molar-refractivity contribution is 0.0697. The minimum absolute atomic E-state index is 0.259. The Labute approximate surface area is 120 Å². The quantitative estimate of drug-likeness (QED) is 0.622. The fourth-order valence-electron chi connectivity index (χ4n) is 1.52. The average Bonchev–Trinajstić information content (AvgIpc) is 2.84. The molecule has 2 aromatic rings. The van der Waals surface area contributed by atoms with Crippen molar-refractivity contribution < 1.29 is 14.6 Å². The van der Waals surface area contributed by atoms with Gasteiger partial charge in [0.05, 0.1) is 12.2 Å². The topological polar surface area (TPSA) is 77.2 Å². The molecule has 1 heterocycles. The van der Waals surface area contributed by atoms with Gasteiger partial charge in [0.2, 0.25) is 0 Å². The molecular weight excluding hydrogens is 278 g/mol. The summed E-state index contributed by atoms with van der Waals surface area (Å²) < 4.78 is 7.27. The summed E-state index contributed by atoms with van der Waals surface area (Å²) in [5, 5.41) is 13.7. The molecule has 0 saturated heterocycles. The molecule has 0 aliphatic heterocycles. The number of ether oxygens (including phenoxy) is 1. The van der Waals surface area contributed by atoms with E-state index in [1.54, 1.807) is 28.6 Å². The van der Waals surface area contributed by atoms with E-state index >= 15 is 0 Å². The van der Waals surface area contributed by atoms with Crippen LogP contribution >= 0.6 is 11.8 Å². The molecule has 1 N–H and O–H groups in total. The highest BCUT2D eigenvalue weighted by Gasteiger charge is 2.03. The SMILES string of the molecule is Cn1ncnc1SCCCOc1ccc(C(=O)O)cc1. The van der Waals surface area contributed by atoms with Crippen molar-refractivity contribution in [3.8, 4) is 5.75 Å². The summed E-state index contributed by atoms with van der Waals surface area (Å²) >= 11 is 1.63. The summed E-state index contributed by atoms with van der Waals surface area (Å²) in [7, 11) is 1.86. The van der Waals surface area contributed by atoms with E-state index in [9.17, 15) is 4.79 Å². The maximum Gasteiger partial charge on any atom is 0.335 e. The van der Waals surface area contributed by atoms with Gasteiger partial charge in [-0.2, -0.15) is 5.10 Å². The first-order valence-electron chi connectivity index (χ1n) is 6.10. The third-order valence-corrected chi connectivity index (χ3v) is 3.68. The Balaban J connectivity index is 1.68. The number of carbonyl (C=O) groups is 1. The van der Waals surface area contributed by atoms with Gasteiger partial charge in [-0.25, -0.2) is 14.5 Å². The van der Waals surface area contributed by atoms with Crippen LogP contribution in [-0.4, -0.2) is 38.2 Å². The molecule has 0 amide bonds. The zero-order valence-electron chi connectivity index (χ0n) is 11.0. The van der Waals surface area contributed by atoms with Crippen LogP contribution in [0.5, 0.6) is 5.75 Å². The number of rotatable bonds is 7. The number of aromatic carboxylic acids is 1. The highest BCUT2D eigenvalue weighted by Crippen LogP contribution is 2.16. The predicted octanol–water partition coefficient (Wildman–Crippen LogP) is 2.07. The fraction of sp³-hybridized carbons (Fsp3) is 0.308. The second-order valence-electron chi connectivity index (χ2n) is 4.05. The smallest absolute Gasteiger partial charge is 0.335 e. The highest BCUT2D eigenvalue weighted by molar-refractivity contribution is 7.99. The van der Waals surface area contributed by atoms with Crippen LogP contribution in [-0.2, 0) is 7.05 Å². The van der Waals surface area contributed by atoms with Gasteiger partial charge in [0, 0.05) is 12.8 Å². The number of hydrogen-bond acceptors (Lipinski definition) is 5. The van der Waals surface area contributed by atoms with Crippen LogP contribution in [0, 0.1) is 0 Å². The molecule has 0 unspecified atom stereocenters. The van der Waals surface area contributed by atoms with Gasteiger partial charge in [-0.15, -0.1) is 0 Å². The number of aryl methyl sites for hydroxylation is 1. The summed E-state index contributed by atoms with van der Waals surface area (Å²) in [6.45, 7) is 0.581. The summed E-state index contributed by atoms with van der Waals surface area (Å²) in [5.41, 5.74) is 0.259. The van der Waals surface area contributed by atoms with Gasteiger partial charge in [0.25, 0.3) is 0 Å². The van der Waals surface area contributed by atoms with Crippen LogP contribution in [0.15, 0.2) is 35.7 Å². The van der Waals surface area contributed by atoms with Gasteiger partial charge in [0.15, 0.2) is 5.16 Å². The van der Waals surface area contributed by atoms with E-state index in [2.05, 4.69) is 10.1 Å². The van der Waals surface area contributed by atoms with Crippen LogP contribution in [0.3, 0.4) is 0 Å². The molecule has 106 valence electrons. The van der Waals surface area contributed by atoms with E-state index in [-0.39, 0.29) is 5.56 Å². The van der Waals surface area contributed by atoms with E-state index in [1.807, 2.05) is 7.05 Å². The van der Waals surface area contributed by atoms with Crippen molar-refractivity contribution in [2.75, 3.05) is 12.4 Å². The highest BCUT2D eigenvalue weighted by atomic mass is 32.2. The molecule has 1 aromatic heterocycles. The summed E-state index contributed by atoms with van der Waals surface area (Å²) in [6, 6.07) is 6.40. The van der Waals surface area contributed by atoms with Crippen molar-refractivity contribution in [1.29, 1.82) is 0 Å². The maximum absolute atomic E-state index is 10.7. The Morgan fingerprint density at radius 3 is 2.75 bits per heavy atom. The molecule has 0 atom stereocenters. The zero-order valence-corrected chi connectivity index (χ0v) is 11.8. The lowest BCUT2D eigenvalue weighted by Crippen LogP contribution is -2.01. The van der Waals surface area contributed by atoms with Crippen LogP contribution in [0.2, 0.25) is 0 Å². The Kier molecular flexibility index (Phi) is 5.00. The van der Waals surface area contributed by atoms with E-state index in [0.717, 1.165) is 17.3 Å². The normalized spacial score (nSPS) is 10.4. The molecule has 0 radical (unpaired) electrons. The van der Waals surface area contributed by atoms with Crippen molar-refractivity contribution in [1.82, 2.24) is 14.8 Å². The number of hydrogen-bond donors (Lipinski definition) is 1. The number of aromatic nitrogens is 3. The molecule has 0 saturated carbocycles. The van der Waals surface area contributed by atoms with Crippen LogP contribution < -0.4 is 4.74 Å². The number of nitrogens with zero attached hydrogens (tertiary/aromatic N) is 3. The lowest BCUT2D eigenvalue weighted by atomic mass is 10.2. The molecule has 1 aromatic carbocycles. The maximum atomic E-state index is 10.7. The zero-order chi connectivity index (χ0) is 14.4. The number of benzene rings is 1. The monoisotopic (exact) mass is 293 g/mol. The molecule has 6 nitrogen and oxygen atoms in total. The minimum atomic E-state index is -0.934. The Bertz CT molecular complexity index is 568. The first-order valence-corrected chi connectivity index (χ1v) is 7.08. The van der Waals surface area contributed by atoms with E-state index in [0.29, 0.717) is 12.4 Å². The average molecular weight is 293 g/mol. The van der Waals surface area contributed by atoms with Gasteiger partial charge in [-0.1, -0.05) is 11.8 Å². The molecule has 0 spiro atoms. The molecule has 20 heavy (non-hydrogen) atoms. The third-order valence-electron chi connectivity index (χ3n) is 2.56. The van der Waals surface area contributed by atoms with Gasteiger partial charge in [0.1, 0.15) is 12.1 Å². The fourth-order valence-corrected chi connectivity index (χ4v) is 2.32. The minimum Gasteiger partial charge on any atom is -0.494 e. The first-order chi connectivity index (χ1) is 9.66. The first kappa shape index (κ1) is 14.4. The standard InChI is InChI=1S/C13H15N3O3S/c1-16-13(14-9-15-16)20-8-2-7-19-11-5-3-10(4-6-11)12(17)18/h3-6,9H,2,7-8H2,1H3,(H,17,18). The largest absolute Gasteiger partial charge is 0.494 e. The molecule has 7 heteroatoms. The molecule has 2 rings (SSSR count). The second-order valence-corrected chi connectivity index (χ2v) is 5.11. The van der Waals surface area contributed by atoms with Crippen LogP contribution in [0.4, 0.5) is 0 Å². The molecule has 0 fully saturated rings. The number of carboxylic acids is 1. The van der Waals surface area contributed by atoms with E-state index in [1.165, 1.54) is 18.5 Å². The van der Waals surface area contributed by atoms with Crippen LogP contribution in [0.1, 0.15) is 16.8 Å². The summed E-state index contributed by atoms with van der Waals surface area (Å²) in [4.78, 5) is 14.8. The van der Waals surface area contributed by atoms with Crippen molar-refractivity contribution in [2.45, 2.75) is 11.6 Å². The number of carboxylic acid groups (broad SMARTS) is 1. The van der Waals surface area contributed by atoms with Gasteiger partial charge in [-0.05, 0) is 30.7 Å². The van der Waals surface area contributed by atoms with Crippen molar-refractivity contribution in [3.05, 3.63) is 36.2 Å². The van der Waals surface area contributed by atoms with E-state index in [4.69, 9.17) is 9.84 Å². The predicted molar refractivity (Wildman–Crippen MR) is 75.2 cm³/mol. The molecule has 0 aliphatic carbocycles. The Hall–Kier alpha value is -2.02. The van der Waals surface area contributed by atoms with Gasteiger partial charge >= 0.3 is 5.97 Å². The molecule has 0 aliphatic rings. The molecular formula is C13H15N3O3S. The lowest BCUT2D eigenvalue weighted by Gasteiger charge is -2.06.